The molecule has 3 N–H and O–H groups in total. The fourth-order valence-electron chi connectivity index (χ4n) is 2.39. The van der Waals surface area contributed by atoms with Gasteiger partial charge >= 0.3 is 0 Å². The van der Waals surface area contributed by atoms with E-state index in [0.29, 0.717) is 23.0 Å². The highest BCUT2D eigenvalue weighted by Gasteiger charge is 2.20. The summed E-state index contributed by atoms with van der Waals surface area (Å²) in [6, 6.07) is 5.54. The lowest BCUT2D eigenvalue weighted by atomic mass is 10.1. The number of nitrogens with zero attached hydrogens (tertiary/aromatic N) is 1. The first-order valence-corrected chi connectivity index (χ1v) is 8.72. The van der Waals surface area contributed by atoms with Crippen molar-refractivity contribution >= 4 is 20.9 Å². The van der Waals surface area contributed by atoms with Gasteiger partial charge in [-0.25, -0.2) is 17.5 Å². The van der Waals surface area contributed by atoms with Crippen molar-refractivity contribution in [1.29, 1.82) is 0 Å². The Morgan fingerprint density at radius 1 is 1.29 bits per heavy atom. The molecule has 9 heteroatoms. The molecule has 0 atom stereocenters. The Kier molecular flexibility index (Phi) is 4.20. The molecule has 1 aromatic carbocycles. The smallest absolute Gasteiger partial charge is 0.252 e. The lowest BCUT2D eigenvalue weighted by molar-refractivity contribution is 0.580. The summed E-state index contributed by atoms with van der Waals surface area (Å²) in [5.41, 5.74) is 0.609. The number of aryl methyl sites for hydroxylation is 1. The van der Waals surface area contributed by atoms with Gasteiger partial charge < -0.3 is 4.98 Å². The molecule has 3 aromatic rings. The fourth-order valence-corrected chi connectivity index (χ4v) is 3.59. The third-order valence-corrected chi connectivity index (χ3v) is 5.11. The van der Waals surface area contributed by atoms with Crippen LogP contribution in [0, 0.1) is 5.82 Å². The topological polar surface area (TPSA) is 108 Å². The van der Waals surface area contributed by atoms with Crippen LogP contribution in [0.25, 0.3) is 10.9 Å². The summed E-state index contributed by atoms with van der Waals surface area (Å²) in [4.78, 5) is 14.6. The zero-order valence-corrected chi connectivity index (χ0v) is 13.6. The second-order valence-corrected chi connectivity index (χ2v) is 6.98. The first-order valence-electron chi connectivity index (χ1n) is 7.24. The van der Waals surface area contributed by atoms with Gasteiger partial charge in [0.05, 0.1) is 17.4 Å². The van der Waals surface area contributed by atoms with Crippen molar-refractivity contribution in [1.82, 2.24) is 19.9 Å². The zero-order valence-electron chi connectivity index (χ0n) is 12.8. The first-order chi connectivity index (χ1) is 11.4. The number of fused-ring (bicyclic) bond motifs is 1. The van der Waals surface area contributed by atoms with Crippen molar-refractivity contribution in [3.8, 4) is 0 Å². The third kappa shape index (κ3) is 3.08. The van der Waals surface area contributed by atoms with Crippen LogP contribution in [0.1, 0.15) is 18.2 Å². The quantitative estimate of drug-likeness (QED) is 0.647. The molecule has 7 nitrogen and oxygen atoms in total. The van der Waals surface area contributed by atoms with Gasteiger partial charge in [0, 0.05) is 12.1 Å². The number of nitrogens with one attached hydrogen (secondary N) is 3. The number of halogens is 1. The van der Waals surface area contributed by atoms with Crippen molar-refractivity contribution in [2.24, 2.45) is 0 Å². The number of aromatic nitrogens is 3. The normalized spacial score (nSPS) is 11.9. The largest absolute Gasteiger partial charge is 0.322 e. The van der Waals surface area contributed by atoms with Gasteiger partial charge in [0.1, 0.15) is 10.7 Å². The Bertz CT molecular complexity index is 1060. The standard InChI is InChI=1S/C15H15FN4O3S/c1-2-12-14(8-17-20-12)24(22,23)18-7-10-5-9-3-4-11(16)6-13(9)19-15(10)21/h3-6,8,18H,2,7H2,1H3,(H,17,20)(H,19,21). The maximum Gasteiger partial charge on any atom is 0.252 e. The summed E-state index contributed by atoms with van der Waals surface area (Å²) in [5.74, 6) is -0.460. The number of benzene rings is 1. The zero-order chi connectivity index (χ0) is 17.3. The number of rotatable bonds is 5. The molecule has 3 rings (SSSR count). The van der Waals surface area contributed by atoms with Gasteiger partial charge in [-0.15, -0.1) is 0 Å². The molecule has 0 radical (unpaired) electrons. The highest BCUT2D eigenvalue weighted by Crippen LogP contribution is 2.15. The lowest BCUT2D eigenvalue weighted by Gasteiger charge is -2.07. The average Bonchev–Trinajstić information content (AvgIpc) is 3.02. The predicted molar refractivity (Wildman–Crippen MR) is 86.5 cm³/mol. The molecule has 126 valence electrons. The molecule has 0 fully saturated rings. The van der Waals surface area contributed by atoms with E-state index in [2.05, 4.69) is 19.9 Å². The summed E-state index contributed by atoms with van der Waals surface area (Å²) in [7, 11) is -3.79. The van der Waals surface area contributed by atoms with Crippen LogP contribution in [0.15, 0.2) is 40.2 Å². The van der Waals surface area contributed by atoms with Crippen molar-refractivity contribution in [3.05, 3.63) is 57.9 Å². The van der Waals surface area contributed by atoms with E-state index in [1.54, 1.807) is 6.92 Å². The molecule has 0 saturated carbocycles. The van der Waals surface area contributed by atoms with E-state index in [4.69, 9.17) is 0 Å². The molecule has 0 bridgehead atoms. The van der Waals surface area contributed by atoms with Crippen LogP contribution < -0.4 is 10.3 Å². The maximum atomic E-state index is 13.2. The van der Waals surface area contributed by atoms with Gasteiger partial charge in [-0.1, -0.05) is 6.92 Å². The number of hydrogen-bond acceptors (Lipinski definition) is 4. The number of aromatic amines is 2. The molecule has 0 amide bonds. The SMILES string of the molecule is CCc1[nH]ncc1S(=O)(=O)NCc1cc2ccc(F)cc2[nH]c1=O. The Balaban J connectivity index is 1.89. The van der Waals surface area contributed by atoms with Crippen molar-refractivity contribution in [2.45, 2.75) is 24.8 Å². The van der Waals surface area contributed by atoms with E-state index in [9.17, 15) is 17.6 Å². The van der Waals surface area contributed by atoms with Crippen LogP contribution in [-0.4, -0.2) is 23.6 Å². The number of hydrogen-bond donors (Lipinski definition) is 3. The van der Waals surface area contributed by atoms with Gasteiger partial charge in [-0.05, 0) is 36.1 Å². The van der Waals surface area contributed by atoms with Crippen LogP contribution in [0.4, 0.5) is 4.39 Å². The Labute approximate surface area is 137 Å². The molecule has 0 spiro atoms. The minimum absolute atomic E-state index is 0.0595. The van der Waals surface area contributed by atoms with E-state index in [-0.39, 0.29) is 17.0 Å². The second kappa shape index (κ2) is 6.17. The van der Waals surface area contributed by atoms with Gasteiger partial charge in [0.15, 0.2) is 0 Å². The second-order valence-electron chi connectivity index (χ2n) is 5.25. The van der Waals surface area contributed by atoms with Crippen LogP contribution in [-0.2, 0) is 23.0 Å². The van der Waals surface area contributed by atoms with Crippen LogP contribution in [0.2, 0.25) is 0 Å². The predicted octanol–water partition coefficient (Wildman–Crippen LogP) is 1.43. The monoisotopic (exact) mass is 350 g/mol. The summed E-state index contributed by atoms with van der Waals surface area (Å²) in [5, 5.41) is 6.98. The number of sulfonamides is 1. The van der Waals surface area contributed by atoms with E-state index in [0.717, 1.165) is 0 Å². The van der Waals surface area contributed by atoms with E-state index in [1.807, 2.05) is 0 Å². The third-order valence-electron chi connectivity index (χ3n) is 3.66. The van der Waals surface area contributed by atoms with Crippen LogP contribution in [0.3, 0.4) is 0 Å². The fraction of sp³-hybridized carbons (Fsp3) is 0.200. The number of pyridine rings is 1. The molecule has 0 saturated heterocycles. The van der Waals surface area contributed by atoms with Gasteiger partial charge in [-0.3, -0.25) is 9.89 Å². The Morgan fingerprint density at radius 2 is 2.08 bits per heavy atom. The highest BCUT2D eigenvalue weighted by molar-refractivity contribution is 7.89. The molecule has 2 aromatic heterocycles. The van der Waals surface area contributed by atoms with E-state index >= 15 is 0 Å². The Morgan fingerprint density at radius 3 is 2.83 bits per heavy atom. The van der Waals surface area contributed by atoms with Gasteiger partial charge in [0.2, 0.25) is 10.0 Å². The van der Waals surface area contributed by atoms with E-state index in [1.165, 1.54) is 30.5 Å². The molecule has 0 aliphatic heterocycles. The summed E-state index contributed by atoms with van der Waals surface area (Å²) >= 11 is 0. The molecule has 0 aliphatic carbocycles. The molecule has 2 heterocycles. The van der Waals surface area contributed by atoms with E-state index < -0.39 is 21.4 Å². The average molecular weight is 350 g/mol. The molecule has 24 heavy (non-hydrogen) atoms. The minimum atomic E-state index is -3.79. The first kappa shape index (κ1) is 16.3. The minimum Gasteiger partial charge on any atom is -0.322 e. The molecule has 0 aliphatic rings. The highest BCUT2D eigenvalue weighted by atomic mass is 32.2. The van der Waals surface area contributed by atoms with Crippen molar-refractivity contribution in [3.63, 3.8) is 0 Å². The Hall–Kier alpha value is -2.52. The van der Waals surface area contributed by atoms with Gasteiger partial charge in [-0.2, -0.15) is 5.10 Å². The summed E-state index contributed by atoms with van der Waals surface area (Å²) in [6.07, 6.45) is 1.72. The van der Waals surface area contributed by atoms with Crippen LogP contribution >= 0.6 is 0 Å². The maximum absolute atomic E-state index is 13.2. The molecule has 0 unspecified atom stereocenters. The summed E-state index contributed by atoms with van der Waals surface area (Å²) in [6.45, 7) is 1.62. The molecular weight excluding hydrogens is 335 g/mol. The lowest BCUT2D eigenvalue weighted by Crippen LogP contribution is -2.27. The number of H-pyrrole nitrogens is 2. The van der Waals surface area contributed by atoms with Crippen molar-refractivity contribution < 1.29 is 12.8 Å². The summed E-state index contributed by atoms with van der Waals surface area (Å²) < 4.78 is 40.2. The van der Waals surface area contributed by atoms with Crippen LogP contribution in [0.5, 0.6) is 0 Å². The van der Waals surface area contributed by atoms with Crippen molar-refractivity contribution in [2.75, 3.05) is 0 Å². The van der Waals surface area contributed by atoms with Gasteiger partial charge in [0.25, 0.3) is 5.56 Å². The molecular formula is C15H15FN4O3S.